The van der Waals surface area contributed by atoms with Crippen LogP contribution in [0.25, 0.3) is 0 Å². The smallest absolute Gasteiger partial charge is 0.348 e. The molecule has 2 N–H and O–H groups in total. The summed E-state index contributed by atoms with van der Waals surface area (Å²) in [6.45, 7) is 3.84. The minimum Gasteiger partial charge on any atom is -0.454 e. The van der Waals surface area contributed by atoms with Gasteiger partial charge in [0.25, 0.3) is 0 Å². The molecule has 3 aliphatic heterocycles. The van der Waals surface area contributed by atoms with E-state index in [9.17, 15) is 14.4 Å². The lowest BCUT2D eigenvalue weighted by Gasteiger charge is -2.44. The number of carbonyl (C=O) groups excluding carboxylic acids is 1. The molecule has 10 heteroatoms. The summed E-state index contributed by atoms with van der Waals surface area (Å²) in [5.74, 6) is 1.05. The number of rotatable bonds is 8. The van der Waals surface area contributed by atoms with Crippen LogP contribution in [0.15, 0.2) is 58.1 Å². The maximum atomic E-state index is 13.9. The van der Waals surface area contributed by atoms with Gasteiger partial charge in [0.1, 0.15) is 6.04 Å². The summed E-state index contributed by atoms with van der Waals surface area (Å²) >= 11 is 0. The number of piperidine rings is 1. The third-order valence-corrected chi connectivity index (χ3v) is 8.76. The summed E-state index contributed by atoms with van der Waals surface area (Å²) in [5, 5.41) is 6.58. The topological polar surface area (TPSA) is 109 Å². The first-order valence-corrected chi connectivity index (χ1v) is 14.4. The summed E-state index contributed by atoms with van der Waals surface area (Å²) in [4.78, 5) is 41.6. The highest BCUT2D eigenvalue weighted by molar-refractivity contribution is 5.80. The Morgan fingerprint density at radius 3 is 2.58 bits per heavy atom. The Hall–Kier alpha value is -3.79. The number of fused-ring (bicyclic) bond motifs is 3. The van der Waals surface area contributed by atoms with Crippen molar-refractivity contribution in [3.63, 3.8) is 0 Å². The van der Waals surface area contributed by atoms with Crippen molar-refractivity contribution in [1.29, 1.82) is 0 Å². The van der Waals surface area contributed by atoms with Crippen LogP contribution in [0, 0.1) is 0 Å². The highest BCUT2D eigenvalue weighted by Crippen LogP contribution is 2.38. The number of ether oxygens (including phenoxy) is 2. The van der Waals surface area contributed by atoms with Gasteiger partial charge in [-0.15, -0.1) is 0 Å². The van der Waals surface area contributed by atoms with E-state index in [4.69, 9.17) is 9.47 Å². The lowest BCUT2D eigenvalue weighted by atomic mass is 9.81. The van der Waals surface area contributed by atoms with Crippen LogP contribution in [0.1, 0.15) is 62.6 Å². The van der Waals surface area contributed by atoms with Crippen LogP contribution >= 0.6 is 0 Å². The highest BCUT2D eigenvalue weighted by atomic mass is 16.7. The van der Waals surface area contributed by atoms with Gasteiger partial charge in [0.15, 0.2) is 11.5 Å². The molecule has 1 saturated heterocycles. The van der Waals surface area contributed by atoms with Gasteiger partial charge in [0.2, 0.25) is 12.7 Å². The molecule has 0 bridgehead atoms. The summed E-state index contributed by atoms with van der Waals surface area (Å²) in [5.41, 5.74) is 0.706. The maximum Gasteiger partial charge on any atom is 0.348 e. The van der Waals surface area contributed by atoms with E-state index in [0.717, 1.165) is 50.8 Å². The number of hydrogen-bond donors (Lipinski definition) is 2. The maximum absolute atomic E-state index is 13.9. The highest BCUT2D eigenvalue weighted by Gasteiger charge is 2.45. The van der Waals surface area contributed by atoms with E-state index in [2.05, 4.69) is 29.7 Å². The second kappa shape index (κ2) is 11.0. The molecule has 40 heavy (non-hydrogen) atoms. The van der Waals surface area contributed by atoms with Gasteiger partial charge < -0.3 is 20.1 Å². The van der Waals surface area contributed by atoms with E-state index in [1.54, 1.807) is 16.8 Å². The standard InChI is InChI=1S/C30H37N5O5/c1-2-23(10-8-21-6-4-3-5-7-21)32-27(36)24-12-13-30(14-16-31-17-15-30)35-29(38)33(28(37)34(24)35)19-22-9-11-25-26(18-22)40-20-39-25/h3-7,9,11,18,23-24,31H,2,8,10,12-17,19-20H2,1H3,(H,32,36)/t23-,24?/m1/s1. The van der Waals surface area contributed by atoms with Crippen molar-refractivity contribution in [3.05, 3.63) is 80.6 Å². The van der Waals surface area contributed by atoms with Crippen molar-refractivity contribution in [3.8, 4) is 11.5 Å². The number of aryl methyl sites for hydroxylation is 1. The first kappa shape index (κ1) is 26.4. The van der Waals surface area contributed by atoms with Crippen molar-refractivity contribution in [1.82, 2.24) is 24.6 Å². The molecule has 2 atom stereocenters. The van der Waals surface area contributed by atoms with E-state index < -0.39 is 17.3 Å². The molecule has 3 aliphatic rings. The normalized spacial score (nSPS) is 19.8. The predicted molar refractivity (Wildman–Crippen MR) is 150 cm³/mol. The zero-order valence-corrected chi connectivity index (χ0v) is 22.9. The lowest BCUT2D eigenvalue weighted by Crippen LogP contribution is -2.56. The largest absolute Gasteiger partial charge is 0.454 e. The van der Waals surface area contributed by atoms with Crippen molar-refractivity contribution in [2.24, 2.45) is 0 Å². The number of amides is 1. The molecular formula is C30H37N5O5. The van der Waals surface area contributed by atoms with Crippen LogP contribution in [0.3, 0.4) is 0 Å². The molecule has 1 unspecified atom stereocenters. The molecule has 0 saturated carbocycles. The average Bonchev–Trinajstić information content (AvgIpc) is 3.55. The fourth-order valence-corrected chi connectivity index (χ4v) is 6.45. The molecular weight excluding hydrogens is 510 g/mol. The molecule has 212 valence electrons. The molecule has 3 aromatic rings. The van der Waals surface area contributed by atoms with E-state index >= 15 is 0 Å². The van der Waals surface area contributed by atoms with Gasteiger partial charge >= 0.3 is 11.4 Å². The Kier molecular flexibility index (Phi) is 7.27. The van der Waals surface area contributed by atoms with E-state index in [-0.39, 0.29) is 31.0 Å². The number of nitrogens with zero attached hydrogens (tertiary/aromatic N) is 3. The fraction of sp³-hybridized carbons (Fsp3) is 0.500. The van der Waals surface area contributed by atoms with Gasteiger partial charge in [0.05, 0.1) is 12.1 Å². The number of carbonyl (C=O) groups is 1. The zero-order valence-electron chi connectivity index (χ0n) is 22.9. The number of benzene rings is 2. The summed E-state index contributed by atoms with van der Waals surface area (Å²) in [7, 11) is 0. The monoisotopic (exact) mass is 547 g/mol. The van der Waals surface area contributed by atoms with Crippen molar-refractivity contribution < 1.29 is 14.3 Å². The van der Waals surface area contributed by atoms with Crippen LogP contribution in [0.2, 0.25) is 0 Å². The lowest BCUT2D eigenvalue weighted by molar-refractivity contribution is -0.127. The molecule has 1 aromatic heterocycles. The third kappa shape index (κ3) is 4.85. The summed E-state index contributed by atoms with van der Waals surface area (Å²) in [6.07, 6.45) is 5.13. The van der Waals surface area contributed by atoms with Crippen LogP contribution < -0.4 is 31.5 Å². The molecule has 4 heterocycles. The summed E-state index contributed by atoms with van der Waals surface area (Å²) in [6, 6.07) is 14.9. The quantitative estimate of drug-likeness (QED) is 0.449. The Morgan fingerprint density at radius 2 is 1.80 bits per heavy atom. The van der Waals surface area contributed by atoms with Gasteiger partial charge in [-0.1, -0.05) is 43.3 Å². The number of aromatic nitrogens is 3. The SMILES string of the molecule is CC[C@H](CCc1ccccc1)NC(=O)C1CCC2(CCNCC2)n2c(=O)n(Cc3ccc4c(c3)OCO4)c(=O)n21. The minimum atomic E-state index is -0.732. The minimum absolute atomic E-state index is 0.0194. The second-order valence-corrected chi connectivity index (χ2v) is 11.2. The fourth-order valence-electron chi connectivity index (χ4n) is 6.45. The van der Waals surface area contributed by atoms with Crippen LogP contribution in [0.4, 0.5) is 0 Å². The van der Waals surface area contributed by atoms with Crippen LogP contribution in [-0.4, -0.2) is 45.8 Å². The molecule has 1 fully saturated rings. The van der Waals surface area contributed by atoms with Crippen LogP contribution in [-0.2, 0) is 23.3 Å². The first-order chi connectivity index (χ1) is 19.5. The van der Waals surface area contributed by atoms with Gasteiger partial charge in [-0.3, -0.25) is 4.79 Å². The number of nitrogens with one attached hydrogen (secondary N) is 2. The van der Waals surface area contributed by atoms with E-state index in [1.807, 2.05) is 24.3 Å². The average molecular weight is 548 g/mol. The van der Waals surface area contributed by atoms with Crippen molar-refractivity contribution in [2.75, 3.05) is 19.9 Å². The Morgan fingerprint density at radius 1 is 1.02 bits per heavy atom. The molecule has 10 nitrogen and oxygen atoms in total. The van der Waals surface area contributed by atoms with E-state index in [1.165, 1.54) is 14.8 Å². The molecule has 2 aromatic carbocycles. The Balaban J connectivity index is 1.30. The van der Waals surface area contributed by atoms with Crippen LogP contribution in [0.5, 0.6) is 11.5 Å². The molecule has 6 rings (SSSR count). The molecule has 0 aliphatic carbocycles. The van der Waals surface area contributed by atoms with Gasteiger partial charge in [-0.05, 0) is 81.3 Å². The van der Waals surface area contributed by atoms with Gasteiger partial charge in [-0.2, -0.15) is 0 Å². The predicted octanol–water partition coefficient (Wildman–Crippen LogP) is 2.53. The molecule has 1 amide bonds. The van der Waals surface area contributed by atoms with Crippen molar-refractivity contribution in [2.45, 2.75) is 76.0 Å². The second-order valence-electron chi connectivity index (χ2n) is 11.2. The van der Waals surface area contributed by atoms with Gasteiger partial charge in [0, 0.05) is 6.04 Å². The zero-order chi connectivity index (χ0) is 27.7. The third-order valence-electron chi connectivity index (χ3n) is 8.76. The van der Waals surface area contributed by atoms with Crippen molar-refractivity contribution >= 4 is 5.91 Å². The van der Waals surface area contributed by atoms with Gasteiger partial charge in [-0.25, -0.2) is 23.5 Å². The summed E-state index contributed by atoms with van der Waals surface area (Å²) < 4.78 is 15.3. The molecule has 1 spiro atoms. The molecule has 0 radical (unpaired) electrons. The number of hydrogen-bond acceptors (Lipinski definition) is 6. The Labute approximate surface area is 232 Å². The first-order valence-electron chi connectivity index (χ1n) is 14.4. The van der Waals surface area contributed by atoms with E-state index in [0.29, 0.717) is 24.3 Å². The Bertz CT molecular complexity index is 1480.